The quantitative estimate of drug-likeness (QED) is 0.823. The number of ether oxygens (including phenoxy) is 1. The molecule has 5 nitrogen and oxygen atoms in total. The maximum absolute atomic E-state index is 12.4. The van der Waals surface area contributed by atoms with E-state index in [9.17, 15) is 9.90 Å². The molecule has 1 heterocycles. The number of nitrogens with one attached hydrogen (secondary N) is 1. The fraction of sp³-hybridized carbons (Fsp3) is 0.650. The number of benzene rings is 1. The van der Waals surface area contributed by atoms with Gasteiger partial charge in [-0.05, 0) is 43.2 Å². The average Bonchev–Trinajstić information content (AvgIpc) is 2.61. The maximum Gasteiger partial charge on any atom is 0.220 e. The van der Waals surface area contributed by atoms with Gasteiger partial charge in [-0.15, -0.1) is 0 Å². The minimum absolute atomic E-state index is 0.0314. The van der Waals surface area contributed by atoms with Crippen LogP contribution in [0.15, 0.2) is 24.3 Å². The van der Waals surface area contributed by atoms with E-state index < -0.39 is 5.60 Å². The van der Waals surface area contributed by atoms with Crippen molar-refractivity contribution in [2.45, 2.75) is 44.1 Å². The first-order valence-corrected chi connectivity index (χ1v) is 9.40. The zero-order chi connectivity index (χ0) is 17.7. The van der Waals surface area contributed by atoms with Crippen LogP contribution < -0.4 is 5.32 Å². The van der Waals surface area contributed by atoms with Gasteiger partial charge in [-0.25, -0.2) is 0 Å². The monoisotopic (exact) mass is 346 g/mol. The van der Waals surface area contributed by atoms with Crippen LogP contribution >= 0.6 is 0 Å². The minimum Gasteiger partial charge on any atom is -0.387 e. The second-order valence-electron chi connectivity index (χ2n) is 7.65. The summed E-state index contributed by atoms with van der Waals surface area (Å²) in [7, 11) is 0. The van der Waals surface area contributed by atoms with Crippen molar-refractivity contribution in [3.8, 4) is 0 Å². The Morgan fingerprint density at radius 3 is 2.92 bits per heavy atom. The normalized spacial score (nSPS) is 23.5. The van der Waals surface area contributed by atoms with Crippen molar-refractivity contribution >= 4 is 5.91 Å². The number of hydrogen-bond donors (Lipinski definition) is 2. The largest absolute Gasteiger partial charge is 0.387 e. The van der Waals surface area contributed by atoms with Crippen LogP contribution in [0.1, 0.15) is 43.2 Å². The Bertz CT molecular complexity index is 582. The van der Waals surface area contributed by atoms with Gasteiger partial charge in [0.15, 0.2) is 0 Å². The van der Waals surface area contributed by atoms with Gasteiger partial charge in [-0.2, -0.15) is 0 Å². The fourth-order valence-electron chi connectivity index (χ4n) is 3.95. The second-order valence-corrected chi connectivity index (χ2v) is 7.65. The highest BCUT2D eigenvalue weighted by atomic mass is 16.5. The van der Waals surface area contributed by atoms with E-state index in [0.29, 0.717) is 32.1 Å². The Kier molecular flexibility index (Phi) is 6.10. The number of β-amino-alcohol motifs (C(OH)–C–C–N with tert-alkyl or cyclic N) is 1. The lowest BCUT2D eigenvalue weighted by Gasteiger charge is -2.34. The third-order valence-corrected chi connectivity index (χ3v) is 5.26. The number of aliphatic hydroxyl groups is 1. The number of amides is 1. The predicted octanol–water partition coefficient (Wildman–Crippen LogP) is 1.70. The van der Waals surface area contributed by atoms with Crippen LogP contribution in [0.3, 0.4) is 0 Å². The van der Waals surface area contributed by atoms with Crippen LogP contribution in [0.2, 0.25) is 0 Å². The van der Waals surface area contributed by atoms with Crippen molar-refractivity contribution in [1.29, 1.82) is 0 Å². The Hall–Kier alpha value is -1.43. The Morgan fingerprint density at radius 1 is 1.36 bits per heavy atom. The lowest BCUT2D eigenvalue weighted by atomic mass is 9.81. The molecule has 0 aromatic heterocycles. The zero-order valence-electron chi connectivity index (χ0n) is 15.2. The molecule has 2 atom stereocenters. The van der Waals surface area contributed by atoms with E-state index in [4.69, 9.17) is 4.74 Å². The van der Waals surface area contributed by atoms with Crippen molar-refractivity contribution in [1.82, 2.24) is 10.2 Å². The number of fused-ring (bicyclic) bond motifs is 1. The van der Waals surface area contributed by atoms with E-state index in [1.54, 1.807) is 6.92 Å². The van der Waals surface area contributed by atoms with Crippen molar-refractivity contribution in [3.05, 3.63) is 35.4 Å². The molecule has 1 aromatic carbocycles. The Balaban J connectivity index is 1.48. The fourth-order valence-corrected chi connectivity index (χ4v) is 3.95. The molecule has 2 aliphatic rings. The van der Waals surface area contributed by atoms with Gasteiger partial charge in [-0.3, -0.25) is 9.69 Å². The van der Waals surface area contributed by atoms with Crippen LogP contribution in [0, 0.1) is 0 Å². The van der Waals surface area contributed by atoms with E-state index in [1.165, 1.54) is 11.1 Å². The Labute approximate surface area is 150 Å². The molecule has 2 unspecified atom stereocenters. The van der Waals surface area contributed by atoms with E-state index >= 15 is 0 Å². The number of carbonyl (C=O) groups is 1. The molecule has 1 fully saturated rings. The third-order valence-electron chi connectivity index (χ3n) is 5.26. The summed E-state index contributed by atoms with van der Waals surface area (Å²) in [6, 6.07) is 8.46. The van der Waals surface area contributed by atoms with Gasteiger partial charge in [0.05, 0.1) is 18.8 Å². The van der Waals surface area contributed by atoms with Gasteiger partial charge in [0.25, 0.3) is 0 Å². The van der Waals surface area contributed by atoms with Crippen molar-refractivity contribution in [3.63, 3.8) is 0 Å². The first-order valence-electron chi connectivity index (χ1n) is 9.40. The number of hydrogen-bond acceptors (Lipinski definition) is 4. The van der Waals surface area contributed by atoms with Gasteiger partial charge in [0.1, 0.15) is 0 Å². The second kappa shape index (κ2) is 8.30. The summed E-state index contributed by atoms with van der Waals surface area (Å²) in [5.74, 6) is 0.332. The average molecular weight is 346 g/mol. The van der Waals surface area contributed by atoms with Gasteiger partial charge >= 0.3 is 0 Å². The van der Waals surface area contributed by atoms with Crippen LogP contribution in [0.25, 0.3) is 0 Å². The number of carbonyl (C=O) groups excluding carboxylic acids is 1. The summed E-state index contributed by atoms with van der Waals surface area (Å²) in [4.78, 5) is 14.6. The van der Waals surface area contributed by atoms with Gasteiger partial charge in [0.2, 0.25) is 5.91 Å². The maximum atomic E-state index is 12.4. The predicted molar refractivity (Wildman–Crippen MR) is 97.6 cm³/mol. The number of morpholine rings is 1. The van der Waals surface area contributed by atoms with Gasteiger partial charge in [-0.1, -0.05) is 24.3 Å². The summed E-state index contributed by atoms with van der Waals surface area (Å²) in [6.45, 7) is 5.73. The molecule has 0 spiro atoms. The van der Waals surface area contributed by atoms with Crippen molar-refractivity contribution in [2.75, 3.05) is 39.4 Å². The van der Waals surface area contributed by atoms with Crippen molar-refractivity contribution < 1.29 is 14.6 Å². The smallest absolute Gasteiger partial charge is 0.220 e. The molecule has 25 heavy (non-hydrogen) atoms. The number of nitrogens with zero attached hydrogens (tertiary/aromatic N) is 1. The molecule has 138 valence electrons. The summed E-state index contributed by atoms with van der Waals surface area (Å²) in [5, 5.41) is 13.5. The summed E-state index contributed by atoms with van der Waals surface area (Å²) >= 11 is 0. The molecule has 1 aliphatic heterocycles. The van der Waals surface area contributed by atoms with Crippen LogP contribution in [-0.2, 0) is 16.0 Å². The molecule has 1 aromatic rings. The van der Waals surface area contributed by atoms with E-state index in [-0.39, 0.29) is 12.5 Å². The first kappa shape index (κ1) is 18.4. The standard InChI is InChI=1S/C20H30N2O3/c1-20(24,15-22-9-11-25-12-10-22)14-21-19(23)13-17-7-4-6-16-5-2-3-8-18(16)17/h2-3,5,8,17,24H,4,6-7,9-15H2,1H3,(H,21,23). The van der Waals surface area contributed by atoms with Gasteiger partial charge < -0.3 is 15.2 Å². The highest BCUT2D eigenvalue weighted by Crippen LogP contribution is 2.33. The number of aryl methyl sites for hydroxylation is 1. The van der Waals surface area contributed by atoms with E-state index in [1.807, 2.05) is 0 Å². The lowest BCUT2D eigenvalue weighted by Crippen LogP contribution is -2.51. The molecular weight excluding hydrogens is 316 g/mol. The summed E-state index contributed by atoms with van der Waals surface area (Å²) in [5.41, 5.74) is 1.78. The Morgan fingerprint density at radius 2 is 2.12 bits per heavy atom. The first-order chi connectivity index (χ1) is 12.0. The molecule has 0 saturated carbocycles. The topological polar surface area (TPSA) is 61.8 Å². The molecule has 0 bridgehead atoms. The van der Waals surface area contributed by atoms with Crippen LogP contribution in [0.4, 0.5) is 0 Å². The van der Waals surface area contributed by atoms with Gasteiger partial charge in [0, 0.05) is 32.6 Å². The molecular formula is C20H30N2O3. The summed E-state index contributed by atoms with van der Waals surface area (Å²) in [6.07, 6.45) is 3.82. The van der Waals surface area contributed by atoms with E-state index in [0.717, 1.165) is 32.4 Å². The molecule has 3 rings (SSSR count). The van der Waals surface area contributed by atoms with Crippen LogP contribution in [-0.4, -0.2) is 60.9 Å². The molecule has 1 aliphatic carbocycles. The highest BCUT2D eigenvalue weighted by Gasteiger charge is 2.27. The van der Waals surface area contributed by atoms with Crippen LogP contribution in [0.5, 0.6) is 0 Å². The molecule has 0 radical (unpaired) electrons. The highest BCUT2D eigenvalue weighted by molar-refractivity contribution is 5.77. The molecule has 1 amide bonds. The molecule has 2 N–H and O–H groups in total. The van der Waals surface area contributed by atoms with Crippen molar-refractivity contribution in [2.24, 2.45) is 0 Å². The van der Waals surface area contributed by atoms with E-state index in [2.05, 4.69) is 34.5 Å². The molecule has 1 saturated heterocycles. The molecule has 5 heteroatoms. The zero-order valence-corrected chi connectivity index (χ0v) is 15.2. The third kappa shape index (κ3) is 5.27. The summed E-state index contributed by atoms with van der Waals surface area (Å²) < 4.78 is 5.33. The SMILES string of the molecule is CC(O)(CNC(=O)CC1CCCc2ccccc21)CN1CCOCC1. The lowest BCUT2D eigenvalue weighted by molar-refractivity contribution is -0.123. The number of rotatable bonds is 6. The minimum atomic E-state index is -0.919.